The number of alkyl halides is 3. The topological polar surface area (TPSA) is 128 Å². The zero-order valence-corrected chi connectivity index (χ0v) is 25.4. The van der Waals surface area contributed by atoms with Gasteiger partial charge in [0.1, 0.15) is 6.04 Å². The van der Waals surface area contributed by atoms with Gasteiger partial charge in [-0.2, -0.15) is 13.2 Å². The van der Waals surface area contributed by atoms with Crippen LogP contribution in [0.2, 0.25) is 0 Å². The van der Waals surface area contributed by atoms with E-state index in [9.17, 15) is 23.1 Å². The van der Waals surface area contributed by atoms with Gasteiger partial charge in [-0.15, -0.1) is 0 Å². The molecule has 43 heavy (non-hydrogen) atoms. The molecule has 4 aliphatic heterocycles. The van der Waals surface area contributed by atoms with Crippen molar-refractivity contribution in [2.24, 2.45) is 11.8 Å². The summed E-state index contributed by atoms with van der Waals surface area (Å²) in [5.41, 5.74) is 7.07. The minimum absolute atomic E-state index is 0.0693. The molecule has 0 aromatic heterocycles. The monoisotopic (exact) mass is 617 g/mol. The molecular formula is C29H54F3N9O2. The van der Waals surface area contributed by atoms with Gasteiger partial charge in [-0.05, 0) is 84.0 Å². The summed E-state index contributed by atoms with van der Waals surface area (Å²) >= 11 is 0. The smallest absolute Gasteiger partial charge is 0.395 e. The van der Waals surface area contributed by atoms with E-state index in [-0.39, 0.29) is 49.4 Å². The Balaban J connectivity index is 1.10. The number of hydrogen-bond acceptors (Lipinski definition) is 10. The van der Waals surface area contributed by atoms with Crippen LogP contribution in [0.3, 0.4) is 0 Å². The lowest BCUT2D eigenvalue weighted by molar-refractivity contribution is -0.172. The van der Waals surface area contributed by atoms with E-state index in [2.05, 4.69) is 47.2 Å². The first-order valence-corrected chi connectivity index (χ1v) is 16.7. The predicted octanol–water partition coefficient (Wildman–Crippen LogP) is -0.000700. The van der Waals surface area contributed by atoms with Crippen LogP contribution >= 0.6 is 0 Å². The quantitative estimate of drug-likeness (QED) is 0.152. The molecule has 14 heteroatoms. The Bertz CT molecular complexity index is 866. The summed E-state index contributed by atoms with van der Waals surface area (Å²) in [6.07, 6.45) is 4.81. The second-order valence-corrected chi connectivity index (χ2v) is 13.2. The molecule has 1 aliphatic carbocycles. The number of amides is 1. The maximum absolute atomic E-state index is 13.4. The lowest BCUT2D eigenvalue weighted by Gasteiger charge is -2.37. The maximum atomic E-state index is 13.4. The number of nitrogens with zero attached hydrogens (tertiary/aromatic N) is 2. The Morgan fingerprint density at radius 1 is 0.953 bits per heavy atom. The third-order valence-corrected chi connectivity index (χ3v) is 10.4. The highest BCUT2D eigenvalue weighted by Gasteiger charge is 2.46. The van der Waals surface area contributed by atoms with E-state index in [0.29, 0.717) is 31.8 Å². The molecule has 11 nitrogen and oxygen atoms in total. The van der Waals surface area contributed by atoms with E-state index in [0.717, 1.165) is 84.3 Å². The van der Waals surface area contributed by atoms with Crippen LogP contribution in [-0.2, 0) is 4.79 Å². The van der Waals surface area contributed by atoms with Crippen molar-refractivity contribution in [2.45, 2.75) is 107 Å². The predicted molar refractivity (Wildman–Crippen MR) is 159 cm³/mol. The van der Waals surface area contributed by atoms with Crippen molar-refractivity contribution in [2.75, 3.05) is 59.1 Å². The number of carbonyl (C=O) groups is 1. The molecule has 4 heterocycles. The van der Waals surface area contributed by atoms with Crippen LogP contribution in [0, 0.1) is 11.8 Å². The Labute approximate surface area is 254 Å². The fourth-order valence-corrected chi connectivity index (χ4v) is 7.94. The van der Waals surface area contributed by atoms with Gasteiger partial charge >= 0.3 is 6.18 Å². The standard InChI is InChI=1S/C29H54F3N9O2/c30-29(31,32)26-21(6-2-10-34-26)16-36-28(43)20-5-1-7-22(15-20)35-17-25-38-39-27(24-9-11-33-19-37-24)41(25)14-4-13-40-12-3-8-23(40)18-42/h20-27,33-35,37-39,42H,1-19H2,(H,36,43)/t20?,21?,22?,23-,24?,25?,26?,27?/m0/s1. The molecule has 4 saturated heterocycles. The van der Waals surface area contributed by atoms with Gasteiger partial charge in [0.2, 0.25) is 5.91 Å². The molecule has 7 unspecified atom stereocenters. The summed E-state index contributed by atoms with van der Waals surface area (Å²) in [7, 11) is 0. The van der Waals surface area contributed by atoms with E-state index >= 15 is 0 Å². The number of carbonyl (C=O) groups excluding carboxylic acids is 1. The normalized spacial score (nSPS) is 36.7. The maximum Gasteiger partial charge on any atom is 0.404 e. The number of hydrogen-bond donors (Lipinski definition) is 8. The van der Waals surface area contributed by atoms with Crippen molar-refractivity contribution in [3.8, 4) is 0 Å². The third-order valence-electron chi connectivity index (χ3n) is 10.4. The Hall–Kier alpha value is -1.10. The first kappa shape index (κ1) is 33.3. The van der Waals surface area contributed by atoms with Crippen molar-refractivity contribution in [1.29, 1.82) is 0 Å². The van der Waals surface area contributed by atoms with Gasteiger partial charge < -0.3 is 26.4 Å². The molecule has 248 valence electrons. The number of nitrogens with one attached hydrogen (secondary N) is 7. The van der Waals surface area contributed by atoms with Crippen molar-refractivity contribution < 1.29 is 23.1 Å². The van der Waals surface area contributed by atoms with Crippen LogP contribution in [0.25, 0.3) is 0 Å². The zero-order valence-electron chi connectivity index (χ0n) is 25.4. The molecule has 1 saturated carbocycles. The van der Waals surface area contributed by atoms with Crippen molar-refractivity contribution in [3.63, 3.8) is 0 Å². The molecule has 0 aromatic carbocycles. The van der Waals surface area contributed by atoms with Crippen LogP contribution in [-0.4, -0.2) is 123 Å². The van der Waals surface area contributed by atoms with Gasteiger partial charge in [-0.3, -0.25) is 19.9 Å². The SMILES string of the molecule is O=C(NCC1CCCNC1C(F)(F)F)C1CCCC(NCC2NNC(C3CCNCN3)N2CCCN2CCC[C@H]2CO)C1. The summed E-state index contributed by atoms with van der Waals surface area (Å²) in [6.45, 7) is 6.15. The van der Waals surface area contributed by atoms with E-state index in [1.807, 2.05) is 0 Å². The summed E-state index contributed by atoms with van der Waals surface area (Å²) in [4.78, 5) is 18.0. The molecule has 5 fully saturated rings. The minimum Gasteiger partial charge on any atom is -0.395 e. The van der Waals surface area contributed by atoms with E-state index in [4.69, 9.17) is 0 Å². The molecule has 5 rings (SSSR count). The molecule has 1 amide bonds. The molecule has 8 N–H and O–H groups in total. The number of rotatable bonds is 12. The molecule has 0 spiro atoms. The second kappa shape index (κ2) is 15.9. The Morgan fingerprint density at radius 2 is 1.84 bits per heavy atom. The molecule has 8 atom stereocenters. The second-order valence-electron chi connectivity index (χ2n) is 13.2. The number of halogens is 3. The van der Waals surface area contributed by atoms with Gasteiger partial charge in [-0.1, -0.05) is 6.42 Å². The molecule has 0 aromatic rings. The summed E-state index contributed by atoms with van der Waals surface area (Å²) in [6, 6.07) is -0.739. The first-order chi connectivity index (χ1) is 20.8. The van der Waals surface area contributed by atoms with Crippen LogP contribution in [0.4, 0.5) is 13.2 Å². The minimum atomic E-state index is -4.30. The van der Waals surface area contributed by atoms with Crippen LogP contribution < -0.4 is 37.4 Å². The first-order valence-electron chi connectivity index (χ1n) is 16.7. The molecule has 5 aliphatic rings. The van der Waals surface area contributed by atoms with Gasteiger partial charge in [0.15, 0.2) is 0 Å². The fourth-order valence-electron chi connectivity index (χ4n) is 7.94. The van der Waals surface area contributed by atoms with Gasteiger partial charge in [0.25, 0.3) is 0 Å². The number of hydrazine groups is 1. The van der Waals surface area contributed by atoms with Gasteiger partial charge in [-0.25, -0.2) is 10.9 Å². The largest absolute Gasteiger partial charge is 0.404 e. The Morgan fingerprint density at radius 3 is 2.63 bits per heavy atom. The van der Waals surface area contributed by atoms with E-state index < -0.39 is 18.1 Å². The van der Waals surface area contributed by atoms with Crippen molar-refractivity contribution in [3.05, 3.63) is 0 Å². The number of aliphatic hydroxyl groups excluding tert-OH is 1. The lowest BCUT2D eigenvalue weighted by atomic mass is 9.84. The molecule has 0 radical (unpaired) electrons. The fraction of sp³-hybridized carbons (Fsp3) is 0.966. The van der Waals surface area contributed by atoms with Gasteiger partial charge in [0.05, 0.1) is 18.9 Å². The summed E-state index contributed by atoms with van der Waals surface area (Å²) in [5, 5.41) is 25.9. The average molecular weight is 618 g/mol. The number of aliphatic hydroxyl groups is 1. The van der Waals surface area contributed by atoms with Crippen molar-refractivity contribution in [1.82, 2.24) is 47.2 Å². The van der Waals surface area contributed by atoms with Crippen molar-refractivity contribution >= 4 is 5.91 Å². The Kier molecular flexibility index (Phi) is 12.3. The highest BCUT2D eigenvalue weighted by molar-refractivity contribution is 5.78. The van der Waals surface area contributed by atoms with Gasteiger partial charge in [0, 0.05) is 56.3 Å². The summed E-state index contributed by atoms with van der Waals surface area (Å²) < 4.78 is 40.3. The van der Waals surface area contributed by atoms with Crippen LogP contribution in [0.15, 0.2) is 0 Å². The highest BCUT2D eigenvalue weighted by Crippen LogP contribution is 2.31. The van der Waals surface area contributed by atoms with Crippen LogP contribution in [0.1, 0.15) is 64.2 Å². The lowest BCUT2D eigenvalue weighted by Crippen LogP contribution is -2.59. The molecule has 0 bridgehead atoms. The molecular weight excluding hydrogens is 563 g/mol. The number of piperidine rings is 1. The summed E-state index contributed by atoms with van der Waals surface area (Å²) in [5.74, 6) is -0.908. The number of likely N-dealkylation sites (tertiary alicyclic amines) is 1. The van der Waals surface area contributed by atoms with E-state index in [1.165, 1.54) is 0 Å². The van der Waals surface area contributed by atoms with E-state index in [1.54, 1.807) is 0 Å². The average Bonchev–Trinajstić information content (AvgIpc) is 3.65. The zero-order chi connectivity index (χ0) is 30.2. The third kappa shape index (κ3) is 9.01. The van der Waals surface area contributed by atoms with Crippen LogP contribution in [0.5, 0.6) is 0 Å². The highest BCUT2D eigenvalue weighted by atomic mass is 19.4.